The first-order chi connectivity index (χ1) is 20.7. The standard InChI is InChI=1S/C12H26.3C10H22/c1-3-5-7-9-11-12-10-8-6-4-2;3*1-3-5-7-9-10-8-6-4-2/h3-12H2,1-2H3;3*3-10H2,1-2H3. The molecule has 0 aliphatic carbocycles. The number of hydrogen-bond donors (Lipinski definition) is 0. The molecule has 0 heteroatoms. The lowest BCUT2D eigenvalue weighted by atomic mass is 10.1. The predicted octanol–water partition coefficient (Wildman–Crippen LogP) is 17.4. The minimum Gasteiger partial charge on any atom is -0.0654 e. The van der Waals surface area contributed by atoms with Crippen molar-refractivity contribution in [3.63, 3.8) is 0 Å². The van der Waals surface area contributed by atoms with E-state index in [1.165, 1.54) is 218 Å². The molecule has 0 heterocycles. The van der Waals surface area contributed by atoms with Gasteiger partial charge in [0.25, 0.3) is 0 Å². The third-order valence-electron chi connectivity index (χ3n) is 8.33. The Bertz CT molecular complexity index is 274. The Kier molecular flexibility index (Phi) is 66.1. The van der Waals surface area contributed by atoms with E-state index >= 15 is 0 Å². The second-order valence-corrected chi connectivity index (χ2v) is 13.2. The Morgan fingerprint density at radius 2 is 0.190 bits per heavy atom. The topological polar surface area (TPSA) is 0 Å². The van der Waals surface area contributed by atoms with Crippen LogP contribution in [-0.2, 0) is 0 Å². The van der Waals surface area contributed by atoms with E-state index in [-0.39, 0.29) is 0 Å². The third-order valence-corrected chi connectivity index (χ3v) is 8.33. The molecule has 0 radical (unpaired) electrons. The molecule has 0 nitrogen and oxygen atoms in total. The van der Waals surface area contributed by atoms with Crippen molar-refractivity contribution in [2.45, 2.75) is 274 Å². The minimum absolute atomic E-state index is 1.37. The van der Waals surface area contributed by atoms with Crippen molar-refractivity contribution in [1.29, 1.82) is 0 Å². The first-order valence-corrected chi connectivity index (χ1v) is 20.7. The molecule has 0 N–H and O–H groups in total. The normalized spacial score (nSPS) is 10.3. The fourth-order valence-corrected chi connectivity index (χ4v) is 5.18. The largest absolute Gasteiger partial charge is 0.0654 e. The Morgan fingerprint density at radius 3 is 0.262 bits per heavy atom. The van der Waals surface area contributed by atoms with Crippen LogP contribution in [0.2, 0.25) is 0 Å². The maximum absolute atomic E-state index is 2.28. The zero-order chi connectivity index (χ0) is 32.0. The maximum atomic E-state index is 2.28. The van der Waals surface area contributed by atoms with Crippen LogP contribution in [0.1, 0.15) is 274 Å². The van der Waals surface area contributed by atoms with Gasteiger partial charge in [0.1, 0.15) is 0 Å². The molecular weight excluding hydrogens is 504 g/mol. The quantitative estimate of drug-likeness (QED) is 0.0723. The summed E-state index contributed by atoms with van der Waals surface area (Å²) in [5, 5.41) is 0. The molecule has 0 bridgehead atoms. The Balaban J connectivity index is -0.000000230. The average Bonchev–Trinajstić information content (AvgIpc) is 3.01. The highest BCUT2D eigenvalue weighted by atomic mass is 14.0. The van der Waals surface area contributed by atoms with Crippen LogP contribution in [0, 0.1) is 0 Å². The van der Waals surface area contributed by atoms with E-state index in [1.54, 1.807) is 0 Å². The molecule has 0 aromatic carbocycles. The van der Waals surface area contributed by atoms with Crippen LogP contribution >= 0.6 is 0 Å². The second-order valence-electron chi connectivity index (χ2n) is 13.2. The molecule has 0 rings (SSSR count). The summed E-state index contributed by atoms with van der Waals surface area (Å²) in [5.41, 5.74) is 0. The van der Waals surface area contributed by atoms with E-state index in [0.29, 0.717) is 0 Å². The van der Waals surface area contributed by atoms with Crippen LogP contribution in [0.15, 0.2) is 0 Å². The van der Waals surface area contributed by atoms with Crippen molar-refractivity contribution < 1.29 is 0 Å². The summed E-state index contributed by atoms with van der Waals surface area (Å²) < 4.78 is 0. The van der Waals surface area contributed by atoms with Crippen LogP contribution in [0.5, 0.6) is 0 Å². The highest BCUT2D eigenvalue weighted by Crippen LogP contribution is 2.11. The summed E-state index contributed by atoms with van der Waals surface area (Å²) in [6.45, 7) is 18.2. The Morgan fingerprint density at radius 1 is 0.119 bits per heavy atom. The molecule has 0 aromatic rings. The molecule has 260 valence electrons. The molecule has 0 unspecified atom stereocenters. The number of rotatable bonds is 30. The zero-order valence-electron chi connectivity index (χ0n) is 32.0. The van der Waals surface area contributed by atoms with E-state index in [0.717, 1.165) is 0 Å². The van der Waals surface area contributed by atoms with Gasteiger partial charge in [-0.15, -0.1) is 0 Å². The van der Waals surface area contributed by atoms with E-state index in [4.69, 9.17) is 0 Å². The first kappa shape index (κ1) is 48.9. The van der Waals surface area contributed by atoms with Crippen LogP contribution in [0.25, 0.3) is 0 Å². The smallest absolute Gasteiger partial charge is 0.0533 e. The molecule has 0 aromatic heterocycles. The summed E-state index contributed by atoms with van der Waals surface area (Å²) in [7, 11) is 0. The molecule has 0 atom stereocenters. The van der Waals surface area contributed by atoms with Crippen molar-refractivity contribution >= 4 is 0 Å². The molecule has 0 saturated carbocycles. The second kappa shape index (κ2) is 56.7. The lowest BCUT2D eigenvalue weighted by Gasteiger charge is -1.99. The van der Waals surface area contributed by atoms with Crippen LogP contribution in [0.4, 0.5) is 0 Å². The Hall–Kier alpha value is 0. The third kappa shape index (κ3) is 67.6. The molecule has 0 spiro atoms. The Labute approximate surface area is 273 Å². The van der Waals surface area contributed by atoms with E-state index in [9.17, 15) is 0 Å². The van der Waals surface area contributed by atoms with Crippen molar-refractivity contribution in [1.82, 2.24) is 0 Å². The van der Waals surface area contributed by atoms with Crippen LogP contribution in [-0.4, -0.2) is 0 Å². The highest BCUT2D eigenvalue weighted by molar-refractivity contribution is 4.47. The van der Waals surface area contributed by atoms with Crippen molar-refractivity contribution in [3.05, 3.63) is 0 Å². The van der Waals surface area contributed by atoms with E-state index in [2.05, 4.69) is 55.4 Å². The van der Waals surface area contributed by atoms with Crippen molar-refractivity contribution in [2.75, 3.05) is 0 Å². The monoisotopic (exact) mass is 597 g/mol. The van der Waals surface area contributed by atoms with Crippen molar-refractivity contribution in [2.24, 2.45) is 0 Å². The first-order valence-electron chi connectivity index (χ1n) is 20.7. The van der Waals surface area contributed by atoms with Gasteiger partial charge in [-0.3, -0.25) is 0 Å². The van der Waals surface area contributed by atoms with Gasteiger partial charge in [-0.1, -0.05) is 274 Å². The summed E-state index contributed by atoms with van der Waals surface area (Å²) in [6, 6.07) is 0. The zero-order valence-corrected chi connectivity index (χ0v) is 32.0. The van der Waals surface area contributed by atoms with Gasteiger partial charge in [-0.2, -0.15) is 0 Å². The van der Waals surface area contributed by atoms with Crippen LogP contribution in [0.3, 0.4) is 0 Å². The van der Waals surface area contributed by atoms with Crippen LogP contribution < -0.4 is 0 Å². The molecular formula is C42H92. The average molecular weight is 597 g/mol. The minimum atomic E-state index is 1.37. The molecule has 0 aliphatic rings. The van der Waals surface area contributed by atoms with Gasteiger partial charge < -0.3 is 0 Å². The fraction of sp³-hybridized carbons (Fsp3) is 1.00. The fourth-order valence-electron chi connectivity index (χ4n) is 5.18. The summed E-state index contributed by atoms with van der Waals surface area (Å²) in [6.07, 6.45) is 48.8. The highest BCUT2D eigenvalue weighted by Gasteiger charge is 1.91. The molecule has 42 heavy (non-hydrogen) atoms. The summed E-state index contributed by atoms with van der Waals surface area (Å²) >= 11 is 0. The maximum Gasteiger partial charge on any atom is -0.0533 e. The van der Waals surface area contributed by atoms with Gasteiger partial charge in [-0.25, -0.2) is 0 Å². The lowest BCUT2D eigenvalue weighted by molar-refractivity contribution is 0.562. The SMILES string of the molecule is CCCCCCCCCC.CCCCCCCCCC.CCCCCCCCCC.CCCCCCCCCCCC. The van der Waals surface area contributed by atoms with Gasteiger partial charge in [0.15, 0.2) is 0 Å². The number of hydrogen-bond acceptors (Lipinski definition) is 0. The molecule has 0 fully saturated rings. The van der Waals surface area contributed by atoms with E-state index in [1.807, 2.05) is 0 Å². The van der Waals surface area contributed by atoms with E-state index < -0.39 is 0 Å². The molecule has 0 amide bonds. The van der Waals surface area contributed by atoms with Gasteiger partial charge in [0.05, 0.1) is 0 Å². The molecule has 0 saturated heterocycles. The van der Waals surface area contributed by atoms with Gasteiger partial charge in [0.2, 0.25) is 0 Å². The van der Waals surface area contributed by atoms with Gasteiger partial charge in [0, 0.05) is 0 Å². The molecule has 0 aliphatic heterocycles. The number of unbranched alkanes of at least 4 members (excludes halogenated alkanes) is 30. The van der Waals surface area contributed by atoms with Gasteiger partial charge in [-0.05, 0) is 0 Å². The lowest BCUT2D eigenvalue weighted by Crippen LogP contribution is -1.80. The predicted molar refractivity (Wildman–Crippen MR) is 202 cm³/mol. The summed E-state index contributed by atoms with van der Waals surface area (Å²) in [4.78, 5) is 0. The summed E-state index contributed by atoms with van der Waals surface area (Å²) in [5.74, 6) is 0. The van der Waals surface area contributed by atoms with Crippen molar-refractivity contribution in [3.8, 4) is 0 Å². The van der Waals surface area contributed by atoms with Gasteiger partial charge >= 0.3 is 0 Å².